The lowest BCUT2D eigenvalue weighted by Gasteiger charge is -2.45. The van der Waals surface area contributed by atoms with E-state index in [1.54, 1.807) is 0 Å². The minimum atomic E-state index is 0.0820. The van der Waals surface area contributed by atoms with Crippen LogP contribution >= 0.6 is 11.8 Å². The highest BCUT2D eigenvalue weighted by Gasteiger charge is 2.42. The fourth-order valence-corrected chi connectivity index (χ4v) is 3.34. The molecule has 2 aliphatic rings. The highest BCUT2D eigenvalue weighted by atomic mass is 32.2. The second kappa shape index (κ2) is 3.39. The lowest BCUT2D eigenvalue weighted by atomic mass is 9.99. The van der Waals surface area contributed by atoms with Gasteiger partial charge in [-0.3, -0.25) is 0 Å². The van der Waals surface area contributed by atoms with Crippen LogP contribution in [0, 0.1) is 0 Å². The second-order valence-electron chi connectivity index (χ2n) is 5.61. The van der Waals surface area contributed by atoms with E-state index in [4.69, 9.17) is 4.74 Å². The lowest BCUT2D eigenvalue weighted by Crippen LogP contribution is -2.57. The Bertz CT molecular complexity index is 227. The molecule has 0 aromatic rings. The van der Waals surface area contributed by atoms with Crippen molar-refractivity contribution in [1.29, 1.82) is 0 Å². The van der Waals surface area contributed by atoms with Gasteiger partial charge in [-0.1, -0.05) is 0 Å². The minimum Gasteiger partial charge on any atom is -0.374 e. The Morgan fingerprint density at radius 1 is 1.29 bits per heavy atom. The summed E-state index contributed by atoms with van der Waals surface area (Å²) in [5.74, 6) is 1.25. The molecule has 1 N–H and O–H groups in total. The van der Waals surface area contributed by atoms with E-state index in [1.807, 2.05) is 0 Å². The molecule has 0 saturated carbocycles. The zero-order valence-corrected chi connectivity index (χ0v) is 10.4. The Hall–Kier alpha value is 0.270. The molecule has 2 heterocycles. The number of ether oxygens (including phenoxy) is 1. The predicted molar refractivity (Wildman–Crippen MR) is 61.9 cm³/mol. The first-order valence-electron chi connectivity index (χ1n) is 5.43. The summed E-state index contributed by atoms with van der Waals surface area (Å²) in [4.78, 5) is 0. The molecule has 0 bridgehead atoms. The average molecular weight is 215 g/mol. The Morgan fingerprint density at radius 2 is 2.00 bits per heavy atom. The van der Waals surface area contributed by atoms with Crippen LogP contribution in [0.4, 0.5) is 0 Å². The summed E-state index contributed by atoms with van der Waals surface area (Å²) in [6, 6.07) is 1.24. The van der Waals surface area contributed by atoms with Crippen LogP contribution in [0.1, 0.15) is 34.1 Å². The molecule has 0 aromatic heterocycles. The van der Waals surface area contributed by atoms with E-state index in [1.165, 1.54) is 5.75 Å². The maximum absolute atomic E-state index is 5.72. The van der Waals surface area contributed by atoms with Gasteiger partial charge in [-0.05, 0) is 34.1 Å². The van der Waals surface area contributed by atoms with Crippen molar-refractivity contribution in [3.05, 3.63) is 0 Å². The van der Waals surface area contributed by atoms with Gasteiger partial charge in [-0.2, -0.15) is 11.8 Å². The third-order valence-corrected chi connectivity index (χ3v) is 4.84. The predicted octanol–water partition coefficient (Wildman–Crippen LogP) is 2.04. The number of thioether (sulfide) groups is 1. The topological polar surface area (TPSA) is 21.3 Å². The largest absolute Gasteiger partial charge is 0.374 e. The number of rotatable bonds is 2. The Balaban J connectivity index is 1.82. The molecule has 2 nitrogen and oxygen atoms in total. The summed E-state index contributed by atoms with van der Waals surface area (Å²) in [6.07, 6.45) is 1.14. The maximum Gasteiger partial charge on any atom is 0.0643 e. The first-order chi connectivity index (χ1) is 6.39. The van der Waals surface area contributed by atoms with Crippen LogP contribution in [0.3, 0.4) is 0 Å². The molecule has 0 radical (unpaired) electrons. The molecule has 0 aromatic carbocycles. The molecule has 3 heteroatoms. The molecule has 2 saturated heterocycles. The van der Waals surface area contributed by atoms with E-state index >= 15 is 0 Å². The summed E-state index contributed by atoms with van der Waals surface area (Å²) in [6.45, 7) is 9.87. The molecule has 0 aliphatic carbocycles. The third kappa shape index (κ3) is 2.10. The fraction of sp³-hybridized carbons (Fsp3) is 1.00. The molecule has 82 valence electrons. The van der Waals surface area contributed by atoms with E-state index in [0.29, 0.717) is 16.8 Å². The van der Waals surface area contributed by atoms with Gasteiger partial charge >= 0.3 is 0 Å². The van der Waals surface area contributed by atoms with Crippen molar-refractivity contribution in [3.63, 3.8) is 0 Å². The Morgan fingerprint density at radius 3 is 2.36 bits per heavy atom. The van der Waals surface area contributed by atoms with E-state index in [0.717, 1.165) is 13.0 Å². The summed E-state index contributed by atoms with van der Waals surface area (Å²) in [7, 11) is 0. The van der Waals surface area contributed by atoms with Crippen LogP contribution in [0.2, 0.25) is 0 Å². The van der Waals surface area contributed by atoms with Crippen LogP contribution in [-0.2, 0) is 4.74 Å². The molecule has 0 spiro atoms. The van der Waals surface area contributed by atoms with Gasteiger partial charge in [-0.15, -0.1) is 0 Å². The van der Waals surface area contributed by atoms with Crippen molar-refractivity contribution in [2.75, 3.05) is 12.4 Å². The van der Waals surface area contributed by atoms with Crippen molar-refractivity contribution in [2.24, 2.45) is 0 Å². The highest BCUT2D eigenvalue weighted by Crippen LogP contribution is 2.40. The van der Waals surface area contributed by atoms with Crippen LogP contribution in [-0.4, -0.2) is 34.8 Å². The SMILES string of the molecule is CC1(C)CC(NC2CSC2(C)C)CO1. The number of hydrogen-bond donors (Lipinski definition) is 1. The molecule has 0 amide bonds. The van der Waals surface area contributed by atoms with Gasteiger partial charge in [0, 0.05) is 22.6 Å². The molecular formula is C11H21NOS. The van der Waals surface area contributed by atoms with Crippen LogP contribution < -0.4 is 5.32 Å². The lowest BCUT2D eigenvalue weighted by molar-refractivity contribution is 0.0355. The van der Waals surface area contributed by atoms with Crippen LogP contribution in [0.15, 0.2) is 0 Å². The molecule has 2 rings (SSSR count). The summed E-state index contributed by atoms with van der Waals surface area (Å²) in [5.41, 5.74) is 0.0820. The fourth-order valence-electron chi connectivity index (χ4n) is 2.18. The smallest absolute Gasteiger partial charge is 0.0643 e. The number of nitrogens with one attached hydrogen (secondary N) is 1. The van der Waals surface area contributed by atoms with Crippen LogP contribution in [0.25, 0.3) is 0 Å². The quantitative estimate of drug-likeness (QED) is 0.761. The normalized spacial score (nSPS) is 39.4. The van der Waals surface area contributed by atoms with Crippen molar-refractivity contribution in [2.45, 2.75) is 56.5 Å². The monoisotopic (exact) mass is 215 g/mol. The van der Waals surface area contributed by atoms with Crippen LogP contribution in [0.5, 0.6) is 0 Å². The number of hydrogen-bond acceptors (Lipinski definition) is 3. The van der Waals surface area contributed by atoms with Crippen molar-refractivity contribution < 1.29 is 4.74 Å². The minimum absolute atomic E-state index is 0.0820. The standard InChI is InChI=1S/C11H21NOS/c1-10(2)5-8(6-13-10)12-9-7-14-11(9,3)4/h8-9,12H,5-7H2,1-4H3. The molecule has 2 fully saturated rings. The van der Waals surface area contributed by atoms with E-state index in [9.17, 15) is 0 Å². The molecule has 2 aliphatic heterocycles. The average Bonchev–Trinajstić information content (AvgIpc) is 2.40. The summed E-state index contributed by atoms with van der Waals surface area (Å²) in [5, 5.41) is 3.72. The van der Waals surface area contributed by atoms with E-state index in [-0.39, 0.29) is 5.60 Å². The third-order valence-electron chi connectivity index (χ3n) is 3.31. The van der Waals surface area contributed by atoms with Gasteiger partial charge in [0.15, 0.2) is 0 Å². The van der Waals surface area contributed by atoms with Crippen molar-refractivity contribution in [1.82, 2.24) is 5.32 Å². The summed E-state index contributed by atoms with van der Waals surface area (Å²) < 4.78 is 6.14. The van der Waals surface area contributed by atoms with Crippen molar-refractivity contribution in [3.8, 4) is 0 Å². The Labute approximate surface area is 91.2 Å². The first-order valence-corrected chi connectivity index (χ1v) is 6.42. The van der Waals surface area contributed by atoms with Crippen molar-refractivity contribution >= 4 is 11.8 Å². The van der Waals surface area contributed by atoms with E-state index < -0.39 is 0 Å². The van der Waals surface area contributed by atoms with Gasteiger partial charge in [0.2, 0.25) is 0 Å². The zero-order chi connectivity index (χ0) is 10.4. The second-order valence-corrected chi connectivity index (χ2v) is 7.28. The highest BCUT2D eigenvalue weighted by molar-refractivity contribution is 8.02. The first kappa shape index (κ1) is 10.8. The van der Waals surface area contributed by atoms with Gasteiger partial charge in [0.25, 0.3) is 0 Å². The Kier molecular flexibility index (Phi) is 2.61. The van der Waals surface area contributed by atoms with Gasteiger partial charge in [0.05, 0.1) is 12.2 Å². The summed E-state index contributed by atoms with van der Waals surface area (Å²) >= 11 is 2.05. The van der Waals surface area contributed by atoms with E-state index in [2.05, 4.69) is 44.8 Å². The maximum atomic E-state index is 5.72. The van der Waals surface area contributed by atoms with Gasteiger partial charge in [-0.25, -0.2) is 0 Å². The molecular weight excluding hydrogens is 194 g/mol. The van der Waals surface area contributed by atoms with Gasteiger partial charge < -0.3 is 10.1 Å². The molecule has 14 heavy (non-hydrogen) atoms. The molecule has 2 unspecified atom stereocenters. The van der Waals surface area contributed by atoms with Gasteiger partial charge in [0.1, 0.15) is 0 Å². The zero-order valence-electron chi connectivity index (χ0n) is 9.59. The molecule has 2 atom stereocenters.